The Hall–Kier alpha value is -0.760. The van der Waals surface area contributed by atoms with Crippen LogP contribution in [0.3, 0.4) is 0 Å². The zero-order valence-electron chi connectivity index (χ0n) is 10.9. The predicted molar refractivity (Wildman–Crippen MR) is 72.2 cm³/mol. The maximum Gasteiger partial charge on any atom is 0.246 e. The maximum absolute atomic E-state index is 13.8. The van der Waals surface area contributed by atoms with Crippen LogP contribution in [-0.2, 0) is 15.9 Å². The normalized spacial score (nSPS) is 18.4. The monoisotopic (exact) mass is 324 g/mol. The summed E-state index contributed by atoms with van der Waals surface area (Å²) < 4.78 is 53.2. The van der Waals surface area contributed by atoms with Crippen LogP contribution < -0.4 is 0 Å². The van der Waals surface area contributed by atoms with Crippen LogP contribution in [0.25, 0.3) is 0 Å². The third-order valence-corrected chi connectivity index (χ3v) is 5.50. The average molecular weight is 325 g/mol. The predicted octanol–water partition coefficient (Wildman–Crippen LogP) is 1.64. The van der Waals surface area contributed by atoms with Crippen molar-refractivity contribution < 1.29 is 17.2 Å². The number of sulfonamides is 1. The molecule has 2 rings (SSSR count). The average Bonchev–Trinajstić information content (AvgIpc) is 2.42. The summed E-state index contributed by atoms with van der Waals surface area (Å²) in [5.41, 5.74) is 0.235. The molecule has 112 valence electrons. The third kappa shape index (κ3) is 2.95. The molecule has 0 spiro atoms. The summed E-state index contributed by atoms with van der Waals surface area (Å²) in [4.78, 5) is 1.33. The molecule has 0 aliphatic carbocycles. The zero-order valence-corrected chi connectivity index (χ0v) is 12.5. The van der Waals surface area contributed by atoms with Crippen molar-refractivity contribution in [3.63, 3.8) is 0 Å². The van der Waals surface area contributed by atoms with E-state index in [0.29, 0.717) is 13.1 Å². The lowest BCUT2D eigenvalue weighted by Gasteiger charge is -2.31. The SMILES string of the molecule is CN1CCN(S(=O)(=O)c2cc(CCl)cc(F)c2F)CC1. The first-order chi connectivity index (χ1) is 9.36. The molecule has 1 aromatic rings. The van der Waals surface area contributed by atoms with Crippen molar-refractivity contribution >= 4 is 21.6 Å². The lowest BCUT2D eigenvalue weighted by molar-refractivity contribution is 0.222. The molecule has 1 saturated heterocycles. The molecule has 0 bridgehead atoms. The minimum atomic E-state index is -4.04. The fraction of sp³-hybridized carbons (Fsp3) is 0.500. The third-order valence-electron chi connectivity index (χ3n) is 3.29. The van der Waals surface area contributed by atoms with E-state index in [-0.39, 0.29) is 24.5 Å². The molecule has 0 unspecified atom stereocenters. The molecule has 1 aromatic carbocycles. The molecule has 1 heterocycles. The first kappa shape index (κ1) is 15.6. The Labute approximate surface area is 122 Å². The van der Waals surface area contributed by atoms with Crippen LogP contribution in [0.5, 0.6) is 0 Å². The fourth-order valence-electron chi connectivity index (χ4n) is 2.05. The molecule has 0 saturated carbocycles. The number of nitrogens with zero attached hydrogens (tertiary/aromatic N) is 2. The first-order valence-electron chi connectivity index (χ1n) is 6.09. The largest absolute Gasteiger partial charge is 0.304 e. The minimum Gasteiger partial charge on any atom is -0.304 e. The van der Waals surface area contributed by atoms with E-state index in [4.69, 9.17) is 11.6 Å². The molecular formula is C12H15ClF2N2O2S. The highest BCUT2D eigenvalue weighted by atomic mass is 35.5. The first-order valence-corrected chi connectivity index (χ1v) is 8.06. The van der Waals surface area contributed by atoms with Crippen LogP contribution >= 0.6 is 11.6 Å². The van der Waals surface area contributed by atoms with Gasteiger partial charge in [0, 0.05) is 32.1 Å². The summed E-state index contributed by atoms with van der Waals surface area (Å²) in [5.74, 6) is -2.63. The van der Waals surface area contributed by atoms with E-state index in [1.807, 2.05) is 11.9 Å². The minimum absolute atomic E-state index is 0.0809. The van der Waals surface area contributed by atoms with Gasteiger partial charge in [0.25, 0.3) is 0 Å². The summed E-state index contributed by atoms with van der Waals surface area (Å²) in [7, 11) is -2.16. The number of hydrogen-bond acceptors (Lipinski definition) is 3. The summed E-state index contributed by atoms with van der Waals surface area (Å²) in [5, 5.41) is 0. The van der Waals surface area contributed by atoms with Crippen molar-refractivity contribution in [1.82, 2.24) is 9.21 Å². The van der Waals surface area contributed by atoms with Gasteiger partial charge in [-0.25, -0.2) is 17.2 Å². The Morgan fingerprint density at radius 3 is 2.35 bits per heavy atom. The molecule has 4 nitrogen and oxygen atoms in total. The molecule has 20 heavy (non-hydrogen) atoms. The highest BCUT2D eigenvalue weighted by Crippen LogP contribution is 2.24. The van der Waals surface area contributed by atoms with Crippen LogP contribution in [0.1, 0.15) is 5.56 Å². The number of alkyl halides is 1. The second-order valence-electron chi connectivity index (χ2n) is 4.73. The summed E-state index contributed by atoms with van der Waals surface area (Å²) in [6.07, 6.45) is 0. The smallest absolute Gasteiger partial charge is 0.246 e. The number of benzene rings is 1. The van der Waals surface area contributed by atoms with Gasteiger partial charge in [0.15, 0.2) is 11.6 Å². The summed E-state index contributed by atoms with van der Waals surface area (Å²) in [6.45, 7) is 1.62. The zero-order chi connectivity index (χ0) is 14.9. The molecule has 0 amide bonds. The van der Waals surface area contributed by atoms with Crippen molar-refractivity contribution in [2.24, 2.45) is 0 Å². The molecule has 0 N–H and O–H groups in total. The molecule has 0 atom stereocenters. The Bertz CT molecular complexity index is 602. The van der Waals surface area contributed by atoms with Crippen LogP contribution in [0, 0.1) is 11.6 Å². The molecule has 0 aromatic heterocycles. The van der Waals surface area contributed by atoms with Crippen LogP contribution in [0.2, 0.25) is 0 Å². The van der Waals surface area contributed by atoms with Crippen LogP contribution in [0.15, 0.2) is 17.0 Å². The van der Waals surface area contributed by atoms with Crippen LogP contribution in [-0.4, -0.2) is 50.8 Å². The number of hydrogen-bond donors (Lipinski definition) is 0. The maximum atomic E-state index is 13.8. The molecule has 1 aliphatic rings. The van der Waals surface area contributed by atoms with Crippen molar-refractivity contribution in [2.75, 3.05) is 33.2 Å². The van der Waals surface area contributed by atoms with Gasteiger partial charge < -0.3 is 4.90 Å². The van der Waals surface area contributed by atoms with Crippen molar-refractivity contribution in [3.05, 3.63) is 29.3 Å². The van der Waals surface area contributed by atoms with Gasteiger partial charge in [-0.05, 0) is 24.7 Å². The van der Waals surface area contributed by atoms with E-state index in [1.165, 1.54) is 4.31 Å². The van der Waals surface area contributed by atoms with E-state index in [2.05, 4.69) is 0 Å². The van der Waals surface area contributed by atoms with Gasteiger partial charge in [0.1, 0.15) is 4.90 Å². The Morgan fingerprint density at radius 1 is 1.20 bits per heavy atom. The highest BCUT2D eigenvalue weighted by Gasteiger charge is 2.31. The Kier molecular flexibility index (Phi) is 4.63. The van der Waals surface area contributed by atoms with E-state index in [1.54, 1.807) is 0 Å². The van der Waals surface area contributed by atoms with E-state index in [0.717, 1.165) is 12.1 Å². The van der Waals surface area contributed by atoms with E-state index in [9.17, 15) is 17.2 Å². The second-order valence-corrected chi connectivity index (χ2v) is 6.90. The Balaban J connectivity index is 2.41. The van der Waals surface area contributed by atoms with Crippen molar-refractivity contribution in [3.8, 4) is 0 Å². The number of halogens is 3. The van der Waals surface area contributed by atoms with Gasteiger partial charge in [-0.1, -0.05) is 0 Å². The number of rotatable bonds is 3. The fourth-order valence-corrected chi connectivity index (χ4v) is 3.75. The van der Waals surface area contributed by atoms with E-state index < -0.39 is 26.6 Å². The van der Waals surface area contributed by atoms with Gasteiger partial charge in [0.2, 0.25) is 10.0 Å². The topological polar surface area (TPSA) is 40.6 Å². The quantitative estimate of drug-likeness (QED) is 0.794. The van der Waals surface area contributed by atoms with Gasteiger partial charge in [-0.3, -0.25) is 0 Å². The second kappa shape index (κ2) is 5.93. The molecular weight excluding hydrogens is 310 g/mol. The molecule has 1 fully saturated rings. The summed E-state index contributed by atoms with van der Waals surface area (Å²) >= 11 is 5.57. The van der Waals surface area contributed by atoms with Gasteiger partial charge in [0.05, 0.1) is 0 Å². The number of likely N-dealkylation sites (N-methyl/N-ethyl adjacent to an activating group) is 1. The van der Waals surface area contributed by atoms with Gasteiger partial charge >= 0.3 is 0 Å². The summed E-state index contributed by atoms with van der Waals surface area (Å²) in [6, 6.07) is 2.00. The molecule has 1 aliphatic heterocycles. The number of piperazine rings is 1. The van der Waals surface area contributed by atoms with Crippen molar-refractivity contribution in [2.45, 2.75) is 10.8 Å². The lowest BCUT2D eigenvalue weighted by atomic mass is 10.2. The van der Waals surface area contributed by atoms with E-state index >= 15 is 0 Å². The lowest BCUT2D eigenvalue weighted by Crippen LogP contribution is -2.47. The molecule has 0 radical (unpaired) electrons. The van der Waals surface area contributed by atoms with Crippen molar-refractivity contribution in [1.29, 1.82) is 0 Å². The van der Waals surface area contributed by atoms with Gasteiger partial charge in [-0.2, -0.15) is 4.31 Å². The highest BCUT2D eigenvalue weighted by molar-refractivity contribution is 7.89. The Morgan fingerprint density at radius 2 is 1.80 bits per heavy atom. The van der Waals surface area contributed by atoms with Crippen LogP contribution in [0.4, 0.5) is 8.78 Å². The standard InChI is InChI=1S/C12H15ClF2N2O2S/c1-16-2-4-17(5-3-16)20(18,19)11-7-9(8-13)6-10(14)12(11)15/h6-7H,2-5,8H2,1H3. The molecule has 8 heteroatoms. The van der Waals surface area contributed by atoms with Gasteiger partial charge in [-0.15, -0.1) is 11.6 Å².